The van der Waals surface area contributed by atoms with Gasteiger partial charge in [-0.2, -0.15) is 0 Å². The van der Waals surface area contributed by atoms with Crippen LogP contribution in [0.5, 0.6) is 0 Å². The molecule has 5 heteroatoms. The van der Waals surface area contributed by atoms with E-state index in [9.17, 15) is 9.59 Å². The van der Waals surface area contributed by atoms with Crippen LogP contribution in [-0.2, 0) is 9.59 Å². The molecule has 1 amide bonds. The first-order chi connectivity index (χ1) is 11.1. The van der Waals surface area contributed by atoms with E-state index in [0.717, 1.165) is 32.4 Å². The fourth-order valence-electron chi connectivity index (χ4n) is 5.34. The van der Waals surface area contributed by atoms with Crippen molar-refractivity contribution in [3.63, 3.8) is 0 Å². The summed E-state index contributed by atoms with van der Waals surface area (Å²) in [7, 11) is 0. The smallest absolute Gasteiger partial charge is 0.247 e. The topological polar surface area (TPSA) is 40.6 Å². The number of piperidine rings is 2. The Morgan fingerprint density at radius 3 is 2.83 bits per heavy atom. The van der Waals surface area contributed by atoms with E-state index in [1.807, 2.05) is 6.07 Å². The standard InChI is InChI=1S/C18H20N2O2S/c1-12(21)17-10-13-11-19(14-6-3-2-4-7-14)15-8-5-9-20(16(17)22)18(13,15)23-17/h2-4,6-7,13,15H,5,8-11H2,1H3/t13-,15+,17+,18-/m1/s1. The van der Waals surface area contributed by atoms with Crippen LogP contribution in [0.25, 0.3) is 0 Å². The van der Waals surface area contributed by atoms with Crippen LogP contribution in [0.4, 0.5) is 5.69 Å². The Morgan fingerprint density at radius 1 is 1.30 bits per heavy atom. The average molecular weight is 328 g/mol. The van der Waals surface area contributed by atoms with Crippen molar-refractivity contribution in [2.45, 2.75) is 41.8 Å². The van der Waals surface area contributed by atoms with Crippen LogP contribution < -0.4 is 4.90 Å². The van der Waals surface area contributed by atoms with E-state index in [2.05, 4.69) is 34.1 Å². The lowest BCUT2D eigenvalue weighted by atomic mass is 9.78. The summed E-state index contributed by atoms with van der Waals surface area (Å²) in [5.74, 6) is 0.543. The first kappa shape index (κ1) is 13.9. The third-order valence-corrected chi connectivity index (χ3v) is 8.39. The second-order valence-corrected chi connectivity index (χ2v) is 8.80. The number of para-hydroxylation sites is 1. The van der Waals surface area contributed by atoms with Gasteiger partial charge in [-0.15, -0.1) is 11.8 Å². The van der Waals surface area contributed by atoms with Crippen LogP contribution in [0.2, 0.25) is 0 Å². The Hall–Kier alpha value is -1.49. The van der Waals surface area contributed by atoms with E-state index in [-0.39, 0.29) is 16.6 Å². The Balaban J connectivity index is 1.62. The van der Waals surface area contributed by atoms with Gasteiger partial charge in [-0.3, -0.25) is 9.59 Å². The van der Waals surface area contributed by atoms with Crippen LogP contribution >= 0.6 is 11.8 Å². The summed E-state index contributed by atoms with van der Waals surface area (Å²) < 4.78 is -0.782. The summed E-state index contributed by atoms with van der Waals surface area (Å²) in [6.45, 7) is 3.38. The Bertz CT molecular complexity index is 708. The zero-order valence-corrected chi connectivity index (χ0v) is 14.0. The van der Waals surface area contributed by atoms with E-state index in [4.69, 9.17) is 0 Å². The van der Waals surface area contributed by atoms with Gasteiger partial charge in [-0.05, 0) is 38.3 Å². The van der Waals surface area contributed by atoms with Crippen molar-refractivity contribution in [2.75, 3.05) is 18.0 Å². The molecule has 4 aliphatic rings. The van der Waals surface area contributed by atoms with Crippen molar-refractivity contribution in [1.82, 2.24) is 4.90 Å². The molecule has 4 atom stereocenters. The van der Waals surface area contributed by atoms with Crippen molar-refractivity contribution in [1.29, 1.82) is 0 Å². The zero-order valence-electron chi connectivity index (χ0n) is 13.2. The minimum absolute atomic E-state index is 0.0516. The van der Waals surface area contributed by atoms with Crippen LogP contribution in [0.1, 0.15) is 26.2 Å². The van der Waals surface area contributed by atoms with E-state index in [1.54, 1.807) is 18.7 Å². The molecule has 4 heterocycles. The van der Waals surface area contributed by atoms with E-state index < -0.39 is 4.75 Å². The molecule has 1 aromatic rings. The Labute approximate surface area is 140 Å². The Morgan fingerprint density at radius 2 is 2.09 bits per heavy atom. The highest BCUT2D eigenvalue weighted by atomic mass is 32.2. The number of hydrogen-bond acceptors (Lipinski definition) is 4. The first-order valence-electron chi connectivity index (χ1n) is 8.44. The van der Waals surface area contributed by atoms with Gasteiger partial charge < -0.3 is 9.80 Å². The molecular weight excluding hydrogens is 308 g/mol. The van der Waals surface area contributed by atoms with Gasteiger partial charge in [0.1, 0.15) is 4.87 Å². The fourth-order valence-corrected chi connectivity index (χ4v) is 7.51. The van der Waals surface area contributed by atoms with Crippen molar-refractivity contribution in [3.8, 4) is 0 Å². The number of fused-ring (bicyclic) bond motifs is 1. The predicted molar refractivity (Wildman–Crippen MR) is 90.4 cm³/mol. The van der Waals surface area contributed by atoms with Gasteiger partial charge in [0.2, 0.25) is 5.91 Å². The molecule has 4 fully saturated rings. The zero-order chi connectivity index (χ0) is 15.8. The number of thioether (sulfide) groups is 1. The molecule has 4 nitrogen and oxygen atoms in total. The maximum Gasteiger partial charge on any atom is 0.247 e. The van der Waals surface area contributed by atoms with Gasteiger partial charge in [-0.25, -0.2) is 0 Å². The van der Waals surface area contributed by atoms with E-state index in [1.165, 1.54) is 5.69 Å². The van der Waals surface area contributed by atoms with Crippen LogP contribution in [0.3, 0.4) is 0 Å². The number of ketones is 1. The third kappa shape index (κ3) is 1.45. The number of hydrogen-bond donors (Lipinski definition) is 0. The molecular formula is C18H20N2O2S. The molecule has 0 aromatic heterocycles. The van der Waals surface area contributed by atoms with Gasteiger partial charge in [0.25, 0.3) is 0 Å². The molecule has 4 saturated heterocycles. The number of anilines is 1. The SMILES string of the molecule is CC(=O)[C@@]12C[C@@H]3CN(c4ccccc4)[C@H]4CCCN(C1=O)[C@@]34S2. The van der Waals surface area contributed by atoms with Crippen molar-refractivity contribution in [3.05, 3.63) is 30.3 Å². The summed E-state index contributed by atoms with van der Waals surface area (Å²) in [5, 5.41) is 0. The molecule has 0 unspecified atom stereocenters. The Kier molecular flexibility index (Phi) is 2.61. The molecule has 0 aliphatic carbocycles. The van der Waals surface area contributed by atoms with Gasteiger partial charge in [0.15, 0.2) is 10.5 Å². The van der Waals surface area contributed by atoms with Crippen LogP contribution in [0, 0.1) is 5.92 Å². The summed E-state index contributed by atoms with van der Waals surface area (Å²) in [5.41, 5.74) is 1.25. The number of carbonyl (C=O) groups is 2. The number of amides is 1. The maximum absolute atomic E-state index is 13.0. The van der Waals surface area contributed by atoms with Crippen LogP contribution in [-0.4, -0.2) is 45.3 Å². The highest BCUT2D eigenvalue weighted by Crippen LogP contribution is 2.69. The monoisotopic (exact) mass is 328 g/mol. The first-order valence-corrected chi connectivity index (χ1v) is 9.26. The molecule has 2 bridgehead atoms. The molecule has 0 radical (unpaired) electrons. The molecule has 0 saturated carbocycles. The summed E-state index contributed by atoms with van der Waals surface area (Å²) in [4.78, 5) is 29.7. The van der Waals surface area contributed by atoms with Crippen LogP contribution in [0.15, 0.2) is 30.3 Å². The minimum atomic E-state index is -0.782. The molecule has 1 spiro atoms. The van der Waals surface area contributed by atoms with Crippen molar-refractivity contribution in [2.24, 2.45) is 5.92 Å². The third-order valence-electron chi connectivity index (χ3n) is 6.26. The lowest BCUT2D eigenvalue weighted by molar-refractivity contribution is -0.145. The average Bonchev–Trinajstić information content (AvgIpc) is 3.13. The van der Waals surface area contributed by atoms with E-state index in [0.29, 0.717) is 12.0 Å². The summed E-state index contributed by atoms with van der Waals surface area (Å²) in [6.07, 6.45) is 2.86. The molecule has 23 heavy (non-hydrogen) atoms. The highest BCUT2D eigenvalue weighted by Gasteiger charge is 2.77. The quantitative estimate of drug-likeness (QED) is 0.781. The number of rotatable bonds is 2. The normalized spacial score (nSPS) is 40.7. The number of carbonyl (C=O) groups excluding carboxylic acids is 2. The van der Waals surface area contributed by atoms with Gasteiger partial charge in [0, 0.05) is 24.7 Å². The fraction of sp³-hybridized carbons (Fsp3) is 0.556. The number of Topliss-reactive ketones (excluding diaryl/α,β-unsaturated/α-hetero) is 1. The lowest BCUT2D eigenvalue weighted by Gasteiger charge is -2.47. The predicted octanol–water partition coefficient (Wildman–Crippen LogP) is 2.29. The summed E-state index contributed by atoms with van der Waals surface area (Å²) >= 11 is 1.69. The molecule has 5 rings (SSSR count). The van der Waals surface area contributed by atoms with Gasteiger partial charge in [0.05, 0.1) is 6.04 Å². The van der Waals surface area contributed by atoms with Crippen molar-refractivity contribution < 1.29 is 9.59 Å². The minimum Gasteiger partial charge on any atom is -0.365 e. The summed E-state index contributed by atoms with van der Waals surface area (Å²) in [6, 6.07) is 10.9. The lowest BCUT2D eigenvalue weighted by Crippen LogP contribution is -2.61. The molecule has 120 valence electrons. The van der Waals surface area contributed by atoms with Gasteiger partial charge >= 0.3 is 0 Å². The highest BCUT2D eigenvalue weighted by molar-refractivity contribution is 8.04. The molecule has 0 N–H and O–H groups in total. The second kappa shape index (κ2) is 4.32. The van der Waals surface area contributed by atoms with Gasteiger partial charge in [-0.1, -0.05) is 18.2 Å². The maximum atomic E-state index is 13.0. The second-order valence-electron chi connectivity index (χ2n) is 7.24. The largest absolute Gasteiger partial charge is 0.365 e. The van der Waals surface area contributed by atoms with E-state index >= 15 is 0 Å². The number of benzene rings is 1. The van der Waals surface area contributed by atoms with Crippen molar-refractivity contribution >= 4 is 29.1 Å². The molecule has 4 aliphatic heterocycles. The molecule has 1 aromatic carbocycles. The number of nitrogens with zero attached hydrogens (tertiary/aromatic N) is 2.